The Hall–Kier alpha value is -1.91. The third-order valence-electron chi connectivity index (χ3n) is 1.88. The van der Waals surface area contributed by atoms with Gasteiger partial charge in [0.05, 0.1) is 6.42 Å². The summed E-state index contributed by atoms with van der Waals surface area (Å²) < 4.78 is 13.2. The zero-order valence-electron chi connectivity index (χ0n) is 7.27. The van der Waals surface area contributed by atoms with Crippen LogP contribution in [0.1, 0.15) is 6.42 Å². The van der Waals surface area contributed by atoms with Gasteiger partial charge in [0, 0.05) is 0 Å². The van der Waals surface area contributed by atoms with E-state index in [1.54, 1.807) is 12.1 Å². The van der Waals surface area contributed by atoms with E-state index in [0.717, 1.165) is 5.01 Å². The fourth-order valence-corrected chi connectivity index (χ4v) is 1.26. The molecule has 0 spiro atoms. The van der Waals surface area contributed by atoms with E-state index < -0.39 is 5.82 Å². The molecule has 2 N–H and O–H groups in total. The van der Waals surface area contributed by atoms with Crippen molar-refractivity contribution >= 4 is 17.4 Å². The van der Waals surface area contributed by atoms with E-state index in [1.807, 2.05) is 0 Å². The van der Waals surface area contributed by atoms with Crippen LogP contribution in [0, 0.1) is 5.82 Å². The summed E-state index contributed by atoms with van der Waals surface area (Å²) in [6.07, 6.45) is 0.0499. The Balaban J connectivity index is 2.41. The Morgan fingerprint density at radius 2 is 2.14 bits per heavy atom. The molecule has 1 aromatic rings. The molecule has 14 heavy (non-hydrogen) atoms. The molecule has 0 unspecified atom stereocenters. The molecule has 0 aromatic heterocycles. The number of carbonyl (C=O) groups excluding carboxylic acids is 1. The maximum Gasteiger partial charge on any atom is 0.255 e. The number of benzene rings is 1. The second-order valence-electron chi connectivity index (χ2n) is 2.93. The summed E-state index contributed by atoms with van der Waals surface area (Å²) in [5.41, 5.74) is 5.50. The second-order valence-corrected chi connectivity index (χ2v) is 2.93. The first-order valence-corrected chi connectivity index (χ1v) is 4.09. The van der Waals surface area contributed by atoms with E-state index in [-0.39, 0.29) is 23.9 Å². The number of rotatable bonds is 1. The van der Waals surface area contributed by atoms with Gasteiger partial charge in [-0.3, -0.25) is 4.79 Å². The molecule has 1 aliphatic heterocycles. The predicted molar refractivity (Wildman–Crippen MR) is 50.1 cm³/mol. The predicted octanol–water partition coefficient (Wildman–Crippen LogP) is 0.835. The molecule has 2 rings (SSSR count). The third-order valence-corrected chi connectivity index (χ3v) is 1.88. The van der Waals surface area contributed by atoms with Gasteiger partial charge < -0.3 is 5.73 Å². The average Bonchev–Trinajstić information content (AvgIpc) is 2.46. The summed E-state index contributed by atoms with van der Waals surface area (Å²) in [5.74, 6) is -0.592. The number of hydrogen-bond acceptors (Lipinski definition) is 3. The molecule has 0 saturated heterocycles. The maximum absolute atomic E-state index is 13.2. The zero-order chi connectivity index (χ0) is 10.1. The molecule has 1 aromatic carbocycles. The molecular weight excluding hydrogens is 185 g/mol. The van der Waals surface area contributed by atoms with E-state index in [4.69, 9.17) is 5.73 Å². The number of para-hydroxylation sites is 1. The van der Waals surface area contributed by atoms with Crippen LogP contribution in [-0.4, -0.2) is 11.7 Å². The van der Waals surface area contributed by atoms with Crippen LogP contribution >= 0.6 is 0 Å². The summed E-state index contributed by atoms with van der Waals surface area (Å²) in [6, 6.07) is 5.93. The van der Waals surface area contributed by atoms with E-state index in [9.17, 15) is 9.18 Å². The highest BCUT2D eigenvalue weighted by Gasteiger charge is 2.25. The molecular formula is C9H8FN3O. The minimum absolute atomic E-state index is 0.0499. The van der Waals surface area contributed by atoms with Crippen molar-refractivity contribution in [2.45, 2.75) is 6.42 Å². The number of halogens is 1. The molecule has 0 atom stereocenters. The number of amides is 1. The van der Waals surface area contributed by atoms with Crippen LogP contribution in [0.4, 0.5) is 10.1 Å². The van der Waals surface area contributed by atoms with Gasteiger partial charge in [-0.25, -0.2) is 4.39 Å². The van der Waals surface area contributed by atoms with Crippen LogP contribution in [0.2, 0.25) is 0 Å². The number of carbonyl (C=O) groups is 1. The van der Waals surface area contributed by atoms with E-state index >= 15 is 0 Å². The lowest BCUT2D eigenvalue weighted by molar-refractivity contribution is -0.116. The van der Waals surface area contributed by atoms with Crippen LogP contribution in [0.25, 0.3) is 0 Å². The minimum Gasteiger partial charge on any atom is -0.385 e. The summed E-state index contributed by atoms with van der Waals surface area (Å²) in [6.45, 7) is 0. The van der Waals surface area contributed by atoms with Crippen molar-refractivity contribution in [1.82, 2.24) is 0 Å². The highest BCUT2D eigenvalue weighted by atomic mass is 19.1. The van der Waals surface area contributed by atoms with Gasteiger partial charge in [-0.1, -0.05) is 12.1 Å². The second kappa shape index (κ2) is 3.10. The summed E-state index contributed by atoms with van der Waals surface area (Å²) in [5, 5.41) is 4.73. The van der Waals surface area contributed by atoms with Gasteiger partial charge in [0.25, 0.3) is 5.91 Å². The summed E-state index contributed by atoms with van der Waals surface area (Å²) in [4.78, 5) is 11.3. The fraction of sp³-hybridized carbons (Fsp3) is 0.111. The summed E-state index contributed by atoms with van der Waals surface area (Å²) in [7, 11) is 0. The van der Waals surface area contributed by atoms with Crippen molar-refractivity contribution in [2.75, 3.05) is 5.01 Å². The molecule has 5 heteroatoms. The summed E-state index contributed by atoms with van der Waals surface area (Å²) >= 11 is 0. The van der Waals surface area contributed by atoms with E-state index in [1.165, 1.54) is 12.1 Å². The molecule has 1 aliphatic rings. The molecule has 4 nitrogen and oxygen atoms in total. The van der Waals surface area contributed by atoms with E-state index in [2.05, 4.69) is 5.10 Å². The monoisotopic (exact) mass is 193 g/mol. The van der Waals surface area contributed by atoms with Crippen molar-refractivity contribution in [3.63, 3.8) is 0 Å². The lowest BCUT2D eigenvalue weighted by Crippen LogP contribution is -2.20. The highest BCUT2D eigenvalue weighted by Crippen LogP contribution is 2.22. The average molecular weight is 193 g/mol. The van der Waals surface area contributed by atoms with Crippen molar-refractivity contribution < 1.29 is 9.18 Å². The molecule has 1 heterocycles. The Morgan fingerprint density at radius 3 is 2.71 bits per heavy atom. The minimum atomic E-state index is -0.487. The van der Waals surface area contributed by atoms with Crippen LogP contribution in [0.3, 0.4) is 0 Å². The molecule has 0 saturated carbocycles. The van der Waals surface area contributed by atoms with Crippen molar-refractivity contribution in [2.24, 2.45) is 10.8 Å². The molecule has 0 aliphatic carbocycles. The van der Waals surface area contributed by atoms with Crippen molar-refractivity contribution in [3.05, 3.63) is 30.1 Å². The number of hydrazone groups is 1. The molecule has 1 amide bonds. The van der Waals surface area contributed by atoms with Gasteiger partial charge in [-0.05, 0) is 12.1 Å². The largest absolute Gasteiger partial charge is 0.385 e. The Kier molecular flexibility index (Phi) is 1.92. The Bertz CT molecular complexity index is 416. The van der Waals surface area contributed by atoms with Gasteiger partial charge in [0.15, 0.2) is 0 Å². The molecule has 0 bridgehead atoms. The quantitative estimate of drug-likeness (QED) is 0.718. The molecule has 72 valence electrons. The van der Waals surface area contributed by atoms with Crippen molar-refractivity contribution in [3.8, 4) is 0 Å². The number of nitrogens with two attached hydrogens (primary N) is 1. The SMILES string of the molecule is NC1=NN(c2ccccc2F)C(=O)C1. The van der Waals surface area contributed by atoms with Gasteiger partial charge in [0.2, 0.25) is 0 Å². The number of anilines is 1. The highest BCUT2D eigenvalue weighted by molar-refractivity contribution is 6.11. The van der Waals surface area contributed by atoms with Crippen LogP contribution in [-0.2, 0) is 4.79 Å². The third kappa shape index (κ3) is 1.32. The number of nitrogens with zero attached hydrogens (tertiary/aromatic N) is 2. The normalized spacial score (nSPS) is 15.9. The van der Waals surface area contributed by atoms with Gasteiger partial charge in [-0.15, -0.1) is 0 Å². The standard InChI is InChI=1S/C9H8FN3O/c10-6-3-1-2-4-7(6)13-9(14)5-8(11)12-13/h1-4H,5H2,(H2,11,12). The van der Waals surface area contributed by atoms with Crippen molar-refractivity contribution in [1.29, 1.82) is 0 Å². The van der Waals surface area contributed by atoms with Gasteiger partial charge in [0.1, 0.15) is 17.3 Å². The maximum atomic E-state index is 13.2. The van der Waals surface area contributed by atoms with Gasteiger partial charge in [-0.2, -0.15) is 10.1 Å². The lowest BCUT2D eigenvalue weighted by Gasteiger charge is -2.11. The number of hydrogen-bond donors (Lipinski definition) is 1. The Labute approximate surface area is 79.8 Å². The van der Waals surface area contributed by atoms with Crippen LogP contribution in [0.5, 0.6) is 0 Å². The number of amidine groups is 1. The first-order valence-electron chi connectivity index (χ1n) is 4.09. The fourth-order valence-electron chi connectivity index (χ4n) is 1.26. The van der Waals surface area contributed by atoms with E-state index in [0.29, 0.717) is 0 Å². The lowest BCUT2D eigenvalue weighted by atomic mass is 10.3. The molecule has 0 radical (unpaired) electrons. The topological polar surface area (TPSA) is 58.7 Å². The first kappa shape index (κ1) is 8.68. The van der Waals surface area contributed by atoms with Crippen LogP contribution < -0.4 is 10.7 Å². The van der Waals surface area contributed by atoms with Crippen LogP contribution in [0.15, 0.2) is 29.4 Å². The smallest absolute Gasteiger partial charge is 0.255 e. The first-order chi connectivity index (χ1) is 6.68. The zero-order valence-corrected chi connectivity index (χ0v) is 7.27. The Morgan fingerprint density at radius 1 is 1.43 bits per heavy atom. The van der Waals surface area contributed by atoms with Gasteiger partial charge >= 0.3 is 0 Å². The molecule has 0 fully saturated rings.